The van der Waals surface area contributed by atoms with Crippen molar-refractivity contribution >= 4 is 23.2 Å². The number of carbonyl (C=O) groups is 2. The van der Waals surface area contributed by atoms with Gasteiger partial charge in [-0.1, -0.05) is 31.5 Å². The van der Waals surface area contributed by atoms with Crippen molar-refractivity contribution < 1.29 is 9.59 Å². The lowest BCUT2D eigenvalue weighted by Gasteiger charge is -2.14. The molecule has 1 aromatic carbocycles. The quantitative estimate of drug-likeness (QED) is 0.747. The van der Waals surface area contributed by atoms with Gasteiger partial charge in [-0.3, -0.25) is 9.59 Å². The first-order valence-corrected chi connectivity index (χ1v) is 5.48. The first-order chi connectivity index (χ1) is 7.50. The number of carbonyl (C=O) groups excluding carboxylic acids is 2. The van der Waals surface area contributed by atoms with Crippen molar-refractivity contribution in [3.8, 4) is 0 Å². The molecule has 1 aromatic rings. The van der Waals surface area contributed by atoms with E-state index in [9.17, 15) is 9.59 Å². The Hall–Kier alpha value is -1.41. The van der Waals surface area contributed by atoms with Crippen molar-refractivity contribution in [1.82, 2.24) is 0 Å². The topological polar surface area (TPSA) is 34.1 Å². The van der Waals surface area contributed by atoms with Crippen molar-refractivity contribution in [2.45, 2.75) is 19.8 Å². The Kier molecular flexibility index (Phi) is 2.68. The van der Waals surface area contributed by atoms with Gasteiger partial charge in [0.2, 0.25) is 5.78 Å². The summed E-state index contributed by atoms with van der Waals surface area (Å²) in [4.78, 5) is 23.4. The highest BCUT2D eigenvalue weighted by Crippen LogP contribution is 2.26. The molecule has 0 aromatic heterocycles. The molecule has 3 heteroatoms. The van der Waals surface area contributed by atoms with E-state index in [-0.39, 0.29) is 16.6 Å². The van der Waals surface area contributed by atoms with Gasteiger partial charge in [0.25, 0.3) is 0 Å². The lowest BCUT2D eigenvalue weighted by molar-refractivity contribution is 0.0990. The van der Waals surface area contributed by atoms with Crippen LogP contribution in [0.15, 0.2) is 29.3 Å². The molecular formula is C13H11ClO2. The maximum atomic E-state index is 11.7. The molecule has 0 N–H and O–H groups in total. The average molecular weight is 235 g/mol. The minimum atomic E-state index is -0.272. The molecule has 0 heterocycles. The average Bonchev–Trinajstić information content (AvgIpc) is 2.25. The van der Waals surface area contributed by atoms with Crippen LogP contribution in [0.1, 0.15) is 46.0 Å². The summed E-state index contributed by atoms with van der Waals surface area (Å²) in [6, 6.07) is 5.32. The molecule has 2 nitrogen and oxygen atoms in total. The van der Waals surface area contributed by atoms with Gasteiger partial charge in [0.15, 0.2) is 5.78 Å². The number of hydrogen-bond acceptors (Lipinski definition) is 2. The van der Waals surface area contributed by atoms with Crippen LogP contribution in [-0.2, 0) is 0 Å². The highest BCUT2D eigenvalue weighted by Gasteiger charge is 2.24. The number of ketones is 2. The number of Topliss-reactive ketones (excluding diaryl/α,β-unsaturated/α-hetero) is 1. The molecule has 2 rings (SSSR count). The summed E-state index contributed by atoms with van der Waals surface area (Å²) >= 11 is 5.68. The standard InChI is InChI=1S/C13H11ClO2/c1-7(2)8-3-4-9-10(5-8)12(15)6-11(14)13(9)16/h3-7H,1-2H3. The molecule has 0 unspecified atom stereocenters. The van der Waals surface area contributed by atoms with Gasteiger partial charge in [-0.2, -0.15) is 0 Å². The SMILES string of the molecule is CC(C)c1ccc2c(c1)C(=O)C=C(Cl)C2=O. The van der Waals surface area contributed by atoms with Crippen LogP contribution < -0.4 is 0 Å². The number of allylic oxidation sites excluding steroid dienone is 2. The van der Waals surface area contributed by atoms with E-state index < -0.39 is 0 Å². The first kappa shape index (κ1) is 11.1. The fourth-order valence-corrected chi connectivity index (χ4v) is 1.91. The minimum Gasteiger partial charge on any atom is -0.289 e. The number of benzene rings is 1. The minimum absolute atomic E-state index is 0.00482. The van der Waals surface area contributed by atoms with E-state index >= 15 is 0 Å². The predicted octanol–water partition coefficient (Wildman–Crippen LogP) is 3.31. The van der Waals surface area contributed by atoms with E-state index in [1.54, 1.807) is 12.1 Å². The molecule has 0 atom stereocenters. The van der Waals surface area contributed by atoms with Gasteiger partial charge >= 0.3 is 0 Å². The van der Waals surface area contributed by atoms with Crippen LogP contribution in [-0.4, -0.2) is 11.6 Å². The zero-order valence-corrected chi connectivity index (χ0v) is 9.84. The molecule has 0 bridgehead atoms. The lowest BCUT2D eigenvalue weighted by atomic mass is 9.90. The fraction of sp³-hybridized carbons (Fsp3) is 0.231. The van der Waals surface area contributed by atoms with Gasteiger partial charge in [-0.25, -0.2) is 0 Å². The van der Waals surface area contributed by atoms with Crippen molar-refractivity contribution in [2.75, 3.05) is 0 Å². The molecule has 0 saturated heterocycles. The predicted molar refractivity (Wildman–Crippen MR) is 63.1 cm³/mol. The molecule has 82 valence electrons. The van der Waals surface area contributed by atoms with Crippen LogP contribution in [0.2, 0.25) is 0 Å². The second-order valence-corrected chi connectivity index (χ2v) is 4.55. The largest absolute Gasteiger partial charge is 0.289 e. The molecule has 0 spiro atoms. The lowest BCUT2D eigenvalue weighted by Crippen LogP contribution is -2.15. The summed E-state index contributed by atoms with van der Waals surface area (Å²) in [7, 11) is 0. The second kappa shape index (κ2) is 3.87. The highest BCUT2D eigenvalue weighted by atomic mass is 35.5. The van der Waals surface area contributed by atoms with Crippen molar-refractivity contribution in [3.05, 3.63) is 46.0 Å². The molecule has 1 aliphatic rings. The Morgan fingerprint density at radius 3 is 2.44 bits per heavy atom. The van der Waals surface area contributed by atoms with Gasteiger partial charge in [0, 0.05) is 17.2 Å². The molecule has 0 radical (unpaired) electrons. The van der Waals surface area contributed by atoms with E-state index in [1.165, 1.54) is 6.08 Å². The van der Waals surface area contributed by atoms with Crippen molar-refractivity contribution in [2.24, 2.45) is 0 Å². The van der Waals surface area contributed by atoms with Crippen molar-refractivity contribution in [3.63, 3.8) is 0 Å². The Labute approximate surface area is 98.9 Å². The van der Waals surface area contributed by atoms with Crippen LogP contribution >= 0.6 is 11.6 Å². The molecule has 1 aliphatic carbocycles. The summed E-state index contributed by atoms with van der Waals surface area (Å²) < 4.78 is 0. The van der Waals surface area contributed by atoms with E-state index in [1.807, 2.05) is 19.9 Å². The Morgan fingerprint density at radius 2 is 1.81 bits per heavy atom. The Morgan fingerprint density at radius 1 is 1.12 bits per heavy atom. The monoisotopic (exact) mass is 234 g/mol. The van der Waals surface area contributed by atoms with Gasteiger partial charge in [0.1, 0.15) is 0 Å². The van der Waals surface area contributed by atoms with Crippen LogP contribution in [0, 0.1) is 0 Å². The molecule has 16 heavy (non-hydrogen) atoms. The van der Waals surface area contributed by atoms with Gasteiger partial charge < -0.3 is 0 Å². The summed E-state index contributed by atoms with van der Waals surface area (Å²) in [6.07, 6.45) is 1.19. The molecule has 0 saturated carbocycles. The van der Waals surface area contributed by atoms with Crippen LogP contribution in [0.3, 0.4) is 0 Å². The maximum absolute atomic E-state index is 11.7. The molecule has 0 fully saturated rings. The summed E-state index contributed by atoms with van der Waals surface area (Å²) in [6.45, 7) is 4.08. The first-order valence-electron chi connectivity index (χ1n) is 5.11. The third-order valence-corrected chi connectivity index (χ3v) is 2.98. The Balaban J connectivity index is 2.60. The zero-order valence-electron chi connectivity index (χ0n) is 9.08. The summed E-state index contributed by atoms with van der Waals surface area (Å²) in [5, 5.41) is -0.00482. The third kappa shape index (κ3) is 1.69. The summed E-state index contributed by atoms with van der Waals surface area (Å²) in [5.41, 5.74) is 1.91. The molecule has 0 aliphatic heterocycles. The van der Waals surface area contributed by atoms with Gasteiger partial charge in [0.05, 0.1) is 5.03 Å². The van der Waals surface area contributed by atoms with Crippen molar-refractivity contribution in [1.29, 1.82) is 0 Å². The third-order valence-electron chi connectivity index (χ3n) is 2.70. The maximum Gasteiger partial charge on any atom is 0.205 e. The fourth-order valence-electron chi connectivity index (χ4n) is 1.71. The van der Waals surface area contributed by atoms with Crippen LogP contribution in [0.4, 0.5) is 0 Å². The normalized spacial score (nSPS) is 15.1. The number of hydrogen-bond donors (Lipinski definition) is 0. The van der Waals surface area contributed by atoms with Gasteiger partial charge in [-0.05, 0) is 23.6 Å². The highest BCUT2D eigenvalue weighted by molar-refractivity contribution is 6.49. The van der Waals surface area contributed by atoms with Crippen LogP contribution in [0.25, 0.3) is 0 Å². The zero-order chi connectivity index (χ0) is 11.9. The van der Waals surface area contributed by atoms with Gasteiger partial charge in [-0.15, -0.1) is 0 Å². The Bertz CT molecular complexity index is 513. The smallest absolute Gasteiger partial charge is 0.205 e. The van der Waals surface area contributed by atoms with E-state index in [0.717, 1.165) is 5.56 Å². The number of fused-ring (bicyclic) bond motifs is 1. The second-order valence-electron chi connectivity index (χ2n) is 4.15. The van der Waals surface area contributed by atoms with Crippen LogP contribution in [0.5, 0.6) is 0 Å². The van der Waals surface area contributed by atoms with E-state index in [0.29, 0.717) is 17.0 Å². The van der Waals surface area contributed by atoms with E-state index in [2.05, 4.69) is 0 Å². The molecular weight excluding hydrogens is 224 g/mol. The van der Waals surface area contributed by atoms with E-state index in [4.69, 9.17) is 11.6 Å². The summed E-state index contributed by atoms with van der Waals surface area (Å²) in [5.74, 6) is -0.136. The number of halogens is 1. The number of rotatable bonds is 1. The molecule has 0 amide bonds.